The van der Waals surface area contributed by atoms with Gasteiger partial charge in [0.05, 0.1) is 12.9 Å². The molecule has 1 heterocycles. The Morgan fingerprint density at radius 3 is 2.57 bits per heavy atom. The van der Waals surface area contributed by atoms with Gasteiger partial charge >= 0.3 is 0 Å². The van der Waals surface area contributed by atoms with Gasteiger partial charge in [-0.2, -0.15) is 0 Å². The van der Waals surface area contributed by atoms with Crippen molar-refractivity contribution < 1.29 is 14.3 Å². The van der Waals surface area contributed by atoms with E-state index in [9.17, 15) is 9.59 Å². The number of nitrogens with zero attached hydrogens (tertiary/aromatic N) is 3. The zero-order valence-electron chi connectivity index (χ0n) is 20.3. The monoisotopic (exact) mass is 493 g/mol. The first-order chi connectivity index (χ1) is 16.9. The van der Waals surface area contributed by atoms with Gasteiger partial charge in [-0.15, -0.1) is 16.8 Å². The first-order valence-electron chi connectivity index (χ1n) is 11.4. The topological polar surface area (TPSA) is 98.1 Å². The van der Waals surface area contributed by atoms with Crippen molar-refractivity contribution in [1.82, 2.24) is 20.1 Å². The van der Waals surface area contributed by atoms with Crippen molar-refractivity contribution in [2.45, 2.75) is 37.9 Å². The molecule has 3 aromatic rings. The Bertz CT molecular complexity index is 1160. The molecule has 0 unspecified atom stereocenters. The van der Waals surface area contributed by atoms with Crippen molar-refractivity contribution >= 4 is 29.3 Å². The van der Waals surface area contributed by atoms with Crippen LogP contribution in [0.1, 0.15) is 41.5 Å². The lowest BCUT2D eigenvalue weighted by molar-refractivity contribution is -0.113. The standard InChI is InChI=1S/C26H31N5O3S/c1-5-16-31-23(14-15-27-25(33)19-10-12-20(34-4)13-11-19)29-30-26(31)35-17-24(32)28-22-9-7-6-8-21(22)18(2)3/h5-13,18H,1,14-17H2,2-4H3,(H,27,33)(H,28,32). The van der Waals surface area contributed by atoms with Gasteiger partial charge in [0.25, 0.3) is 5.91 Å². The number of para-hydroxylation sites is 1. The molecule has 1 aromatic heterocycles. The number of rotatable bonds is 12. The molecule has 0 saturated carbocycles. The number of nitrogens with one attached hydrogen (secondary N) is 2. The van der Waals surface area contributed by atoms with Crippen molar-refractivity contribution in [1.29, 1.82) is 0 Å². The summed E-state index contributed by atoms with van der Waals surface area (Å²) in [5, 5.41) is 15.1. The first-order valence-corrected chi connectivity index (χ1v) is 12.4. The van der Waals surface area contributed by atoms with Gasteiger partial charge in [-0.3, -0.25) is 9.59 Å². The van der Waals surface area contributed by atoms with Crippen LogP contribution in [-0.2, 0) is 17.8 Å². The Hall–Kier alpha value is -3.59. The highest BCUT2D eigenvalue weighted by atomic mass is 32.2. The molecule has 3 rings (SSSR count). The number of aromatic nitrogens is 3. The number of methoxy groups -OCH3 is 1. The summed E-state index contributed by atoms with van der Waals surface area (Å²) >= 11 is 1.32. The predicted octanol–water partition coefficient (Wildman–Crippen LogP) is 4.30. The van der Waals surface area contributed by atoms with Crippen molar-refractivity contribution in [3.8, 4) is 5.75 Å². The lowest BCUT2D eigenvalue weighted by atomic mass is 10.0. The molecule has 9 heteroatoms. The van der Waals surface area contributed by atoms with Crippen LogP contribution in [0.4, 0.5) is 5.69 Å². The summed E-state index contributed by atoms with van der Waals surface area (Å²) < 4.78 is 7.03. The number of thioether (sulfide) groups is 1. The minimum absolute atomic E-state index is 0.107. The fourth-order valence-electron chi connectivity index (χ4n) is 3.49. The van der Waals surface area contributed by atoms with Crippen LogP contribution < -0.4 is 15.4 Å². The summed E-state index contributed by atoms with van der Waals surface area (Å²) in [6.45, 7) is 8.91. The largest absolute Gasteiger partial charge is 0.497 e. The van der Waals surface area contributed by atoms with E-state index in [2.05, 4.69) is 41.3 Å². The second-order valence-electron chi connectivity index (χ2n) is 8.11. The number of ether oxygens (including phenoxy) is 1. The molecule has 0 aliphatic heterocycles. The van der Waals surface area contributed by atoms with Gasteiger partial charge in [0.15, 0.2) is 5.16 Å². The van der Waals surface area contributed by atoms with Gasteiger partial charge < -0.3 is 19.9 Å². The number of benzene rings is 2. The van der Waals surface area contributed by atoms with Crippen molar-refractivity contribution in [2.24, 2.45) is 0 Å². The summed E-state index contributed by atoms with van der Waals surface area (Å²) in [6.07, 6.45) is 2.25. The van der Waals surface area contributed by atoms with Crippen LogP contribution in [0.2, 0.25) is 0 Å². The zero-order valence-corrected chi connectivity index (χ0v) is 21.1. The highest BCUT2D eigenvalue weighted by Crippen LogP contribution is 2.24. The lowest BCUT2D eigenvalue weighted by Gasteiger charge is -2.13. The molecule has 0 fully saturated rings. The van der Waals surface area contributed by atoms with Crippen molar-refractivity contribution in [2.75, 3.05) is 24.7 Å². The summed E-state index contributed by atoms with van der Waals surface area (Å²) in [7, 11) is 1.58. The minimum atomic E-state index is -0.171. The highest BCUT2D eigenvalue weighted by Gasteiger charge is 2.15. The molecule has 35 heavy (non-hydrogen) atoms. The Morgan fingerprint density at radius 1 is 1.14 bits per heavy atom. The molecule has 0 spiro atoms. The third-order valence-electron chi connectivity index (χ3n) is 5.28. The summed E-state index contributed by atoms with van der Waals surface area (Å²) in [4.78, 5) is 25.0. The maximum atomic E-state index is 12.6. The van der Waals surface area contributed by atoms with E-state index >= 15 is 0 Å². The quantitative estimate of drug-likeness (QED) is 0.288. The average Bonchev–Trinajstić information content (AvgIpc) is 3.24. The van der Waals surface area contributed by atoms with Gasteiger partial charge in [0, 0.05) is 30.8 Å². The van der Waals surface area contributed by atoms with Crippen molar-refractivity contribution in [3.63, 3.8) is 0 Å². The van der Waals surface area contributed by atoms with E-state index in [0.29, 0.717) is 47.7 Å². The Labute approximate surface area is 210 Å². The van der Waals surface area contributed by atoms with Crippen LogP contribution in [0, 0.1) is 0 Å². The molecule has 8 nitrogen and oxygen atoms in total. The van der Waals surface area contributed by atoms with E-state index in [1.54, 1.807) is 37.5 Å². The van der Waals surface area contributed by atoms with E-state index in [0.717, 1.165) is 11.3 Å². The summed E-state index contributed by atoms with van der Waals surface area (Å²) in [6, 6.07) is 14.7. The van der Waals surface area contributed by atoms with Crippen LogP contribution >= 0.6 is 11.8 Å². The number of amides is 2. The van der Waals surface area contributed by atoms with E-state index in [-0.39, 0.29) is 17.6 Å². The normalized spacial score (nSPS) is 10.7. The number of anilines is 1. The van der Waals surface area contributed by atoms with Crippen LogP contribution in [0.3, 0.4) is 0 Å². The molecular weight excluding hydrogens is 462 g/mol. The molecule has 0 aliphatic rings. The Morgan fingerprint density at radius 2 is 1.89 bits per heavy atom. The first kappa shape index (κ1) is 26.0. The highest BCUT2D eigenvalue weighted by molar-refractivity contribution is 7.99. The maximum absolute atomic E-state index is 12.6. The third-order valence-corrected chi connectivity index (χ3v) is 6.25. The number of hydrogen-bond acceptors (Lipinski definition) is 6. The fourth-order valence-corrected chi connectivity index (χ4v) is 4.25. The molecular formula is C26H31N5O3S. The molecule has 2 aromatic carbocycles. The second-order valence-corrected chi connectivity index (χ2v) is 9.05. The molecule has 0 aliphatic carbocycles. The SMILES string of the molecule is C=CCn1c(CCNC(=O)c2ccc(OC)cc2)nnc1SCC(=O)Nc1ccccc1C(C)C. The van der Waals surface area contributed by atoms with E-state index < -0.39 is 0 Å². The van der Waals surface area contributed by atoms with Gasteiger partial charge in [-0.1, -0.05) is 49.9 Å². The lowest BCUT2D eigenvalue weighted by Crippen LogP contribution is -2.26. The van der Waals surface area contributed by atoms with Gasteiger partial charge in [-0.05, 0) is 41.8 Å². The molecule has 0 radical (unpaired) electrons. The van der Waals surface area contributed by atoms with Gasteiger partial charge in [0.1, 0.15) is 11.6 Å². The Kier molecular flexibility index (Phi) is 9.48. The number of carbonyl (C=O) groups excluding carboxylic acids is 2. The molecule has 2 N–H and O–H groups in total. The average molecular weight is 494 g/mol. The number of carbonyl (C=O) groups is 2. The molecule has 0 saturated heterocycles. The fraction of sp³-hybridized carbons (Fsp3) is 0.308. The smallest absolute Gasteiger partial charge is 0.251 e. The minimum Gasteiger partial charge on any atom is -0.497 e. The van der Waals surface area contributed by atoms with Gasteiger partial charge in [-0.25, -0.2) is 0 Å². The third kappa shape index (κ3) is 7.19. The zero-order chi connectivity index (χ0) is 25.2. The van der Waals surface area contributed by atoms with E-state index in [1.807, 2.05) is 28.8 Å². The van der Waals surface area contributed by atoms with E-state index in [1.165, 1.54) is 11.8 Å². The van der Waals surface area contributed by atoms with Crippen LogP contribution in [0.15, 0.2) is 66.3 Å². The molecule has 0 atom stereocenters. The predicted molar refractivity (Wildman–Crippen MR) is 139 cm³/mol. The number of allylic oxidation sites excluding steroid dienone is 1. The van der Waals surface area contributed by atoms with Crippen LogP contribution in [-0.4, -0.2) is 46.0 Å². The number of hydrogen-bond donors (Lipinski definition) is 2. The second kappa shape index (κ2) is 12.8. The van der Waals surface area contributed by atoms with Crippen molar-refractivity contribution in [3.05, 3.63) is 78.1 Å². The summed E-state index contributed by atoms with van der Waals surface area (Å²) in [5.41, 5.74) is 2.48. The van der Waals surface area contributed by atoms with Gasteiger partial charge in [0.2, 0.25) is 5.91 Å². The van der Waals surface area contributed by atoms with E-state index in [4.69, 9.17) is 4.74 Å². The van der Waals surface area contributed by atoms with Crippen LogP contribution in [0.5, 0.6) is 5.75 Å². The summed E-state index contributed by atoms with van der Waals surface area (Å²) in [5.74, 6) is 1.65. The maximum Gasteiger partial charge on any atom is 0.251 e. The Balaban J connectivity index is 1.56. The molecule has 2 amide bonds. The molecule has 0 bridgehead atoms. The molecule has 184 valence electrons. The van der Waals surface area contributed by atoms with Crippen LogP contribution in [0.25, 0.3) is 0 Å².